The average molecular weight is 263 g/mol. The van der Waals surface area contributed by atoms with Crippen LogP contribution in [-0.2, 0) is 0 Å². The maximum Gasteiger partial charge on any atom is 0.191 e. The molecule has 0 saturated carbocycles. The first kappa shape index (κ1) is 15.3. The zero-order chi connectivity index (χ0) is 14.1. The van der Waals surface area contributed by atoms with Crippen LogP contribution in [0.4, 0.5) is 0 Å². The number of nitrogens with zero attached hydrogens (tertiary/aromatic N) is 1. The van der Waals surface area contributed by atoms with Gasteiger partial charge in [0.2, 0.25) is 0 Å². The lowest BCUT2D eigenvalue weighted by molar-refractivity contribution is 0.441. The fourth-order valence-electron chi connectivity index (χ4n) is 1.70. The van der Waals surface area contributed by atoms with Crippen LogP contribution < -0.4 is 10.6 Å². The number of nitrogens with one attached hydrogen (secondary N) is 2. The fourth-order valence-corrected chi connectivity index (χ4v) is 1.70. The third-order valence-corrected chi connectivity index (χ3v) is 2.69. The number of aryl methyl sites for hydroxylation is 1. The lowest BCUT2D eigenvalue weighted by Gasteiger charge is -2.16. The lowest BCUT2D eigenvalue weighted by Crippen LogP contribution is -2.38. The number of hydrogen-bond donors (Lipinski definition) is 2. The minimum absolute atomic E-state index is 0.105. The SMILES string of the molecule is C/C=C/CCN=C(NCC)NC(C)c1ccc(C)o1. The van der Waals surface area contributed by atoms with E-state index >= 15 is 0 Å². The summed E-state index contributed by atoms with van der Waals surface area (Å²) in [6.45, 7) is 9.73. The maximum atomic E-state index is 5.61. The summed E-state index contributed by atoms with van der Waals surface area (Å²) >= 11 is 0. The Balaban J connectivity index is 2.56. The van der Waals surface area contributed by atoms with E-state index in [0.29, 0.717) is 0 Å². The fraction of sp³-hybridized carbons (Fsp3) is 0.533. The van der Waals surface area contributed by atoms with Crippen LogP contribution in [0.15, 0.2) is 33.7 Å². The van der Waals surface area contributed by atoms with E-state index in [1.54, 1.807) is 0 Å². The molecule has 0 saturated heterocycles. The van der Waals surface area contributed by atoms with E-state index in [2.05, 4.69) is 35.5 Å². The molecule has 19 heavy (non-hydrogen) atoms. The minimum Gasteiger partial charge on any atom is -0.464 e. The molecule has 0 aliphatic carbocycles. The van der Waals surface area contributed by atoms with Gasteiger partial charge in [0.1, 0.15) is 11.5 Å². The van der Waals surface area contributed by atoms with Crippen molar-refractivity contribution in [2.75, 3.05) is 13.1 Å². The van der Waals surface area contributed by atoms with Crippen molar-refractivity contribution in [1.82, 2.24) is 10.6 Å². The Kier molecular flexibility index (Phi) is 6.79. The van der Waals surface area contributed by atoms with Crippen LogP contribution in [0.25, 0.3) is 0 Å². The van der Waals surface area contributed by atoms with Crippen molar-refractivity contribution in [2.24, 2.45) is 4.99 Å². The molecule has 0 bridgehead atoms. The van der Waals surface area contributed by atoms with E-state index in [1.165, 1.54) is 0 Å². The molecule has 106 valence electrons. The number of furan rings is 1. The van der Waals surface area contributed by atoms with Crippen molar-refractivity contribution in [3.8, 4) is 0 Å². The van der Waals surface area contributed by atoms with Gasteiger partial charge in [-0.25, -0.2) is 0 Å². The van der Waals surface area contributed by atoms with E-state index in [4.69, 9.17) is 4.42 Å². The average Bonchev–Trinajstić information content (AvgIpc) is 2.81. The Morgan fingerprint density at radius 1 is 1.47 bits per heavy atom. The van der Waals surface area contributed by atoms with Crippen molar-refractivity contribution in [2.45, 2.75) is 40.2 Å². The highest BCUT2D eigenvalue weighted by Crippen LogP contribution is 2.15. The predicted octanol–water partition coefficient (Wildman–Crippen LogP) is 3.17. The number of hydrogen-bond acceptors (Lipinski definition) is 2. The van der Waals surface area contributed by atoms with Gasteiger partial charge < -0.3 is 15.1 Å². The molecule has 1 unspecified atom stereocenters. The van der Waals surface area contributed by atoms with Crippen molar-refractivity contribution in [1.29, 1.82) is 0 Å². The summed E-state index contributed by atoms with van der Waals surface area (Å²) in [6, 6.07) is 4.08. The second-order valence-electron chi connectivity index (χ2n) is 4.43. The molecule has 0 radical (unpaired) electrons. The number of rotatable bonds is 6. The quantitative estimate of drug-likeness (QED) is 0.359. The summed E-state index contributed by atoms with van der Waals surface area (Å²) in [6.07, 6.45) is 5.12. The summed E-state index contributed by atoms with van der Waals surface area (Å²) in [7, 11) is 0. The second-order valence-corrected chi connectivity index (χ2v) is 4.43. The minimum atomic E-state index is 0.105. The highest BCUT2D eigenvalue weighted by Gasteiger charge is 2.10. The number of allylic oxidation sites excluding steroid dienone is 1. The van der Waals surface area contributed by atoms with Gasteiger partial charge in [-0.05, 0) is 46.2 Å². The van der Waals surface area contributed by atoms with Gasteiger partial charge in [-0.2, -0.15) is 0 Å². The van der Waals surface area contributed by atoms with Gasteiger partial charge in [-0.1, -0.05) is 12.2 Å². The van der Waals surface area contributed by atoms with E-state index in [9.17, 15) is 0 Å². The second kappa shape index (κ2) is 8.40. The molecule has 0 fully saturated rings. The molecule has 2 N–H and O–H groups in total. The van der Waals surface area contributed by atoms with Gasteiger partial charge in [-0.3, -0.25) is 4.99 Å². The van der Waals surface area contributed by atoms with Crippen molar-refractivity contribution in [3.05, 3.63) is 35.8 Å². The van der Waals surface area contributed by atoms with Crippen LogP contribution in [0.3, 0.4) is 0 Å². The highest BCUT2D eigenvalue weighted by molar-refractivity contribution is 5.80. The molecule has 1 rings (SSSR count). The van der Waals surface area contributed by atoms with Crippen molar-refractivity contribution >= 4 is 5.96 Å². The van der Waals surface area contributed by atoms with Crippen LogP contribution >= 0.6 is 0 Å². The molecular formula is C15H25N3O. The van der Waals surface area contributed by atoms with Gasteiger partial charge in [0.15, 0.2) is 5.96 Å². The summed E-state index contributed by atoms with van der Waals surface area (Å²) < 4.78 is 5.61. The lowest BCUT2D eigenvalue weighted by atomic mass is 10.2. The number of guanidine groups is 1. The summed E-state index contributed by atoms with van der Waals surface area (Å²) in [5.41, 5.74) is 0. The molecule has 0 spiro atoms. The highest BCUT2D eigenvalue weighted by atomic mass is 16.3. The monoisotopic (exact) mass is 263 g/mol. The smallest absolute Gasteiger partial charge is 0.191 e. The summed E-state index contributed by atoms with van der Waals surface area (Å²) in [5, 5.41) is 6.59. The molecule has 0 aliphatic rings. The summed E-state index contributed by atoms with van der Waals surface area (Å²) in [4.78, 5) is 4.52. The molecule has 0 aliphatic heterocycles. The zero-order valence-electron chi connectivity index (χ0n) is 12.4. The van der Waals surface area contributed by atoms with Crippen LogP contribution in [0.2, 0.25) is 0 Å². The molecule has 4 nitrogen and oxygen atoms in total. The van der Waals surface area contributed by atoms with Gasteiger partial charge in [0, 0.05) is 13.1 Å². The van der Waals surface area contributed by atoms with Crippen LogP contribution in [-0.4, -0.2) is 19.0 Å². The van der Waals surface area contributed by atoms with Crippen molar-refractivity contribution < 1.29 is 4.42 Å². The molecule has 4 heteroatoms. The Morgan fingerprint density at radius 2 is 2.26 bits per heavy atom. The van der Waals surface area contributed by atoms with Crippen LogP contribution in [0.5, 0.6) is 0 Å². The normalized spacial score (nSPS) is 13.8. The van der Waals surface area contributed by atoms with E-state index in [1.807, 2.05) is 32.1 Å². The van der Waals surface area contributed by atoms with Gasteiger partial charge >= 0.3 is 0 Å². The first-order chi connectivity index (χ1) is 9.17. The van der Waals surface area contributed by atoms with E-state index < -0.39 is 0 Å². The first-order valence-corrected chi connectivity index (χ1v) is 6.89. The van der Waals surface area contributed by atoms with Gasteiger partial charge in [0.05, 0.1) is 6.04 Å². The molecule has 0 aromatic carbocycles. The summed E-state index contributed by atoms with van der Waals surface area (Å²) in [5.74, 6) is 2.68. The third kappa shape index (κ3) is 5.64. The van der Waals surface area contributed by atoms with Gasteiger partial charge in [0.25, 0.3) is 0 Å². The first-order valence-electron chi connectivity index (χ1n) is 6.89. The van der Waals surface area contributed by atoms with Gasteiger partial charge in [-0.15, -0.1) is 0 Å². The largest absolute Gasteiger partial charge is 0.464 e. The van der Waals surface area contributed by atoms with E-state index in [0.717, 1.165) is 37.0 Å². The molecule has 1 aromatic heterocycles. The number of aliphatic imine (C=N–C) groups is 1. The Hall–Kier alpha value is -1.71. The zero-order valence-corrected chi connectivity index (χ0v) is 12.4. The predicted molar refractivity (Wildman–Crippen MR) is 80.4 cm³/mol. The third-order valence-electron chi connectivity index (χ3n) is 2.69. The Labute approximate surface area is 116 Å². The maximum absolute atomic E-state index is 5.61. The molecule has 0 amide bonds. The standard InChI is InChI=1S/C15H25N3O/c1-5-7-8-11-17-15(16-6-2)18-13(4)14-10-9-12(3)19-14/h5,7,9-10,13H,6,8,11H2,1-4H3,(H2,16,17,18)/b7-5+. The Morgan fingerprint density at radius 3 is 2.84 bits per heavy atom. The van der Waals surface area contributed by atoms with Crippen LogP contribution in [0.1, 0.15) is 44.8 Å². The topological polar surface area (TPSA) is 49.6 Å². The Bertz CT molecular complexity index is 421. The molecular weight excluding hydrogens is 238 g/mol. The van der Waals surface area contributed by atoms with Crippen molar-refractivity contribution in [3.63, 3.8) is 0 Å². The van der Waals surface area contributed by atoms with E-state index in [-0.39, 0.29) is 6.04 Å². The molecule has 1 atom stereocenters. The molecule has 1 heterocycles. The molecule has 1 aromatic rings. The van der Waals surface area contributed by atoms with Crippen LogP contribution in [0, 0.1) is 6.92 Å².